The van der Waals surface area contributed by atoms with Gasteiger partial charge in [0.1, 0.15) is 0 Å². The molecule has 1 aliphatic carbocycles. The van der Waals surface area contributed by atoms with Crippen LogP contribution in [0.2, 0.25) is 0 Å². The Morgan fingerprint density at radius 3 is 1.92 bits per heavy atom. The molecule has 0 radical (unpaired) electrons. The lowest BCUT2D eigenvalue weighted by Gasteiger charge is -2.17. The van der Waals surface area contributed by atoms with Gasteiger partial charge in [-0.05, 0) is 25.2 Å². The van der Waals surface area contributed by atoms with Crippen molar-refractivity contribution in [2.75, 3.05) is 13.2 Å². The SMILES string of the molecule is CCCOC(OCCC)C1CC1C. The Kier molecular flexibility index (Phi) is 4.74. The fraction of sp³-hybridized carbons (Fsp3) is 1.00. The second kappa shape index (κ2) is 5.61. The van der Waals surface area contributed by atoms with Crippen molar-refractivity contribution in [2.24, 2.45) is 11.8 Å². The van der Waals surface area contributed by atoms with Gasteiger partial charge in [-0.25, -0.2) is 0 Å². The van der Waals surface area contributed by atoms with E-state index in [1.54, 1.807) is 0 Å². The van der Waals surface area contributed by atoms with E-state index in [9.17, 15) is 0 Å². The van der Waals surface area contributed by atoms with Crippen molar-refractivity contribution in [2.45, 2.75) is 46.3 Å². The van der Waals surface area contributed by atoms with E-state index < -0.39 is 0 Å². The molecule has 78 valence electrons. The van der Waals surface area contributed by atoms with Crippen molar-refractivity contribution in [3.63, 3.8) is 0 Å². The molecule has 0 aliphatic heterocycles. The van der Waals surface area contributed by atoms with Crippen molar-refractivity contribution in [3.05, 3.63) is 0 Å². The van der Waals surface area contributed by atoms with Crippen LogP contribution in [0.4, 0.5) is 0 Å². The van der Waals surface area contributed by atoms with Crippen molar-refractivity contribution >= 4 is 0 Å². The zero-order valence-corrected chi connectivity index (χ0v) is 9.08. The highest BCUT2D eigenvalue weighted by atomic mass is 16.7. The standard InChI is InChI=1S/C11H22O2/c1-4-6-12-11(13-7-5-2)10-8-9(10)3/h9-11H,4-8H2,1-3H3. The van der Waals surface area contributed by atoms with Crippen LogP contribution in [0.1, 0.15) is 40.0 Å². The van der Waals surface area contributed by atoms with Crippen LogP contribution in [0.25, 0.3) is 0 Å². The van der Waals surface area contributed by atoms with E-state index in [2.05, 4.69) is 20.8 Å². The molecule has 0 heterocycles. The van der Waals surface area contributed by atoms with Gasteiger partial charge >= 0.3 is 0 Å². The molecular formula is C11H22O2. The smallest absolute Gasteiger partial charge is 0.160 e. The molecule has 0 amide bonds. The third kappa shape index (κ3) is 3.65. The molecule has 2 heteroatoms. The third-order valence-corrected chi connectivity index (χ3v) is 2.49. The Bertz CT molecular complexity index is 128. The number of hydrogen-bond acceptors (Lipinski definition) is 2. The minimum Gasteiger partial charge on any atom is -0.352 e. The highest BCUT2D eigenvalue weighted by molar-refractivity contribution is 4.85. The average Bonchev–Trinajstić information content (AvgIpc) is 2.83. The second-order valence-corrected chi connectivity index (χ2v) is 3.99. The molecule has 13 heavy (non-hydrogen) atoms. The van der Waals surface area contributed by atoms with Crippen LogP contribution in [0.15, 0.2) is 0 Å². The summed E-state index contributed by atoms with van der Waals surface area (Å²) in [5, 5.41) is 0. The van der Waals surface area contributed by atoms with E-state index in [1.165, 1.54) is 6.42 Å². The number of rotatable bonds is 7. The lowest BCUT2D eigenvalue weighted by molar-refractivity contribution is -0.156. The van der Waals surface area contributed by atoms with Crippen LogP contribution in [0.5, 0.6) is 0 Å². The quantitative estimate of drug-likeness (QED) is 0.569. The fourth-order valence-corrected chi connectivity index (χ4v) is 1.49. The number of hydrogen-bond donors (Lipinski definition) is 0. The molecule has 2 atom stereocenters. The lowest BCUT2D eigenvalue weighted by Crippen LogP contribution is -2.21. The molecule has 2 unspecified atom stereocenters. The molecule has 0 saturated heterocycles. The zero-order valence-electron chi connectivity index (χ0n) is 9.08. The normalized spacial score (nSPS) is 26.8. The molecule has 1 fully saturated rings. The van der Waals surface area contributed by atoms with Gasteiger partial charge in [-0.3, -0.25) is 0 Å². The van der Waals surface area contributed by atoms with Gasteiger partial charge in [0.25, 0.3) is 0 Å². The van der Waals surface area contributed by atoms with Crippen molar-refractivity contribution in [1.29, 1.82) is 0 Å². The Hall–Kier alpha value is -0.0800. The predicted octanol–water partition coefficient (Wildman–Crippen LogP) is 2.82. The third-order valence-electron chi connectivity index (χ3n) is 2.49. The van der Waals surface area contributed by atoms with E-state index in [1.807, 2.05) is 0 Å². The number of ether oxygens (including phenoxy) is 2. The molecule has 0 aromatic carbocycles. The van der Waals surface area contributed by atoms with Crippen molar-refractivity contribution < 1.29 is 9.47 Å². The van der Waals surface area contributed by atoms with Crippen LogP contribution < -0.4 is 0 Å². The summed E-state index contributed by atoms with van der Waals surface area (Å²) in [6, 6.07) is 0. The first kappa shape index (κ1) is 11.0. The van der Waals surface area contributed by atoms with Crippen molar-refractivity contribution in [3.8, 4) is 0 Å². The molecule has 0 aromatic heterocycles. The van der Waals surface area contributed by atoms with Gasteiger partial charge in [-0.2, -0.15) is 0 Å². The van der Waals surface area contributed by atoms with Gasteiger partial charge in [-0.1, -0.05) is 20.8 Å². The summed E-state index contributed by atoms with van der Waals surface area (Å²) in [5.74, 6) is 1.47. The summed E-state index contributed by atoms with van der Waals surface area (Å²) >= 11 is 0. The summed E-state index contributed by atoms with van der Waals surface area (Å²) in [6.07, 6.45) is 3.51. The van der Waals surface area contributed by atoms with Gasteiger partial charge in [0.15, 0.2) is 6.29 Å². The first-order valence-electron chi connectivity index (χ1n) is 5.52. The van der Waals surface area contributed by atoms with Gasteiger partial charge in [0, 0.05) is 19.1 Å². The summed E-state index contributed by atoms with van der Waals surface area (Å²) in [6.45, 7) is 8.19. The van der Waals surface area contributed by atoms with Gasteiger partial charge < -0.3 is 9.47 Å². The summed E-state index contributed by atoms with van der Waals surface area (Å²) in [5.41, 5.74) is 0. The van der Waals surface area contributed by atoms with E-state index in [4.69, 9.17) is 9.47 Å². The van der Waals surface area contributed by atoms with E-state index in [0.717, 1.165) is 32.0 Å². The van der Waals surface area contributed by atoms with Crippen LogP contribution in [-0.4, -0.2) is 19.5 Å². The minimum absolute atomic E-state index is 0.0786. The molecule has 1 rings (SSSR count). The maximum Gasteiger partial charge on any atom is 0.160 e. The van der Waals surface area contributed by atoms with Crippen LogP contribution in [0.3, 0.4) is 0 Å². The summed E-state index contributed by atoms with van der Waals surface area (Å²) in [7, 11) is 0. The molecular weight excluding hydrogens is 164 g/mol. The van der Waals surface area contributed by atoms with Gasteiger partial charge in [-0.15, -0.1) is 0 Å². The Morgan fingerprint density at radius 1 is 1.15 bits per heavy atom. The minimum atomic E-state index is 0.0786. The summed E-state index contributed by atoms with van der Waals surface area (Å²) < 4.78 is 11.3. The van der Waals surface area contributed by atoms with Crippen LogP contribution in [-0.2, 0) is 9.47 Å². The second-order valence-electron chi connectivity index (χ2n) is 3.99. The molecule has 1 aliphatic rings. The largest absolute Gasteiger partial charge is 0.352 e. The monoisotopic (exact) mass is 186 g/mol. The van der Waals surface area contributed by atoms with Crippen LogP contribution >= 0.6 is 0 Å². The van der Waals surface area contributed by atoms with Gasteiger partial charge in [0.2, 0.25) is 0 Å². The van der Waals surface area contributed by atoms with E-state index in [-0.39, 0.29) is 6.29 Å². The molecule has 0 spiro atoms. The zero-order chi connectivity index (χ0) is 9.68. The molecule has 2 nitrogen and oxygen atoms in total. The topological polar surface area (TPSA) is 18.5 Å². The first-order chi connectivity index (χ1) is 6.29. The molecule has 0 bridgehead atoms. The summed E-state index contributed by atoms with van der Waals surface area (Å²) in [4.78, 5) is 0. The molecule has 1 saturated carbocycles. The lowest BCUT2D eigenvalue weighted by atomic mass is 10.3. The van der Waals surface area contributed by atoms with E-state index in [0.29, 0.717) is 5.92 Å². The highest BCUT2D eigenvalue weighted by Gasteiger charge is 2.40. The maximum atomic E-state index is 5.67. The van der Waals surface area contributed by atoms with Crippen molar-refractivity contribution in [1.82, 2.24) is 0 Å². The Balaban J connectivity index is 2.18. The predicted molar refractivity (Wildman–Crippen MR) is 53.5 cm³/mol. The highest BCUT2D eigenvalue weighted by Crippen LogP contribution is 2.42. The fourth-order valence-electron chi connectivity index (χ4n) is 1.49. The Labute approximate surface area is 81.6 Å². The van der Waals surface area contributed by atoms with E-state index >= 15 is 0 Å². The molecule has 0 aromatic rings. The average molecular weight is 186 g/mol. The first-order valence-corrected chi connectivity index (χ1v) is 5.52. The van der Waals surface area contributed by atoms with Gasteiger partial charge in [0.05, 0.1) is 0 Å². The Morgan fingerprint density at radius 2 is 1.62 bits per heavy atom. The molecule has 0 N–H and O–H groups in total. The maximum absolute atomic E-state index is 5.67. The van der Waals surface area contributed by atoms with Crippen LogP contribution in [0, 0.1) is 11.8 Å².